The molecule has 0 spiro atoms. The normalized spacial score (nSPS) is 16.8. The molecule has 1 aliphatic carbocycles. The van der Waals surface area contributed by atoms with E-state index in [4.69, 9.17) is 5.73 Å². The zero-order valence-corrected chi connectivity index (χ0v) is 11.9. The van der Waals surface area contributed by atoms with Gasteiger partial charge in [0.25, 0.3) is 0 Å². The van der Waals surface area contributed by atoms with Crippen LogP contribution in [-0.4, -0.2) is 15.1 Å². The van der Waals surface area contributed by atoms with Crippen molar-refractivity contribution in [2.45, 2.75) is 31.7 Å². The zero-order valence-electron chi connectivity index (χ0n) is 10.4. The Morgan fingerprint density at radius 3 is 2.78 bits per heavy atom. The minimum absolute atomic E-state index is 0.0614. The van der Waals surface area contributed by atoms with E-state index in [1.54, 1.807) is 0 Å². The number of hydrogen-bond acceptors (Lipinski definition) is 2. The molecule has 1 fully saturated rings. The van der Waals surface area contributed by atoms with E-state index in [1.165, 1.54) is 5.56 Å². The third-order valence-corrected chi connectivity index (χ3v) is 4.18. The average Bonchev–Trinajstić information content (AvgIpc) is 2.87. The van der Waals surface area contributed by atoms with Crippen molar-refractivity contribution < 1.29 is 0 Å². The Morgan fingerprint density at radius 2 is 2.22 bits per heavy atom. The van der Waals surface area contributed by atoms with Gasteiger partial charge in [0.2, 0.25) is 0 Å². The van der Waals surface area contributed by atoms with Crippen molar-refractivity contribution in [2.24, 2.45) is 5.73 Å². The number of nitrogens with two attached hydrogens (primary N) is 1. The minimum atomic E-state index is 0.0614. The average molecular weight is 306 g/mol. The third-order valence-electron chi connectivity index (χ3n) is 3.55. The van der Waals surface area contributed by atoms with Gasteiger partial charge < -0.3 is 10.3 Å². The number of aromatic nitrogens is 2. The molecule has 0 radical (unpaired) electrons. The summed E-state index contributed by atoms with van der Waals surface area (Å²) in [5.41, 5.74) is 8.63. The van der Waals surface area contributed by atoms with Gasteiger partial charge in [0.1, 0.15) is 5.82 Å². The molecule has 3 nitrogen and oxygen atoms in total. The van der Waals surface area contributed by atoms with E-state index in [9.17, 15) is 0 Å². The van der Waals surface area contributed by atoms with Gasteiger partial charge in [-0.15, -0.1) is 0 Å². The molecule has 2 aromatic rings. The Kier molecular flexibility index (Phi) is 2.79. The first kappa shape index (κ1) is 11.9. The van der Waals surface area contributed by atoms with Gasteiger partial charge in [-0.05, 0) is 59.8 Å². The van der Waals surface area contributed by atoms with E-state index in [-0.39, 0.29) is 5.54 Å². The van der Waals surface area contributed by atoms with Gasteiger partial charge in [0.05, 0.1) is 5.69 Å². The highest BCUT2D eigenvalue weighted by Crippen LogP contribution is 2.36. The molecule has 0 saturated heterocycles. The predicted molar refractivity (Wildman–Crippen MR) is 75.9 cm³/mol. The Balaban J connectivity index is 1.92. The summed E-state index contributed by atoms with van der Waals surface area (Å²) >= 11 is 3.64. The van der Waals surface area contributed by atoms with Crippen molar-refractivity contribution in [2.75, 3.05) is 0 Å². The highest BCUT2D eigenvalue weighted by molar-refractivity contribution is 9.10. The molecule has 0 aliphatic heterocycles. The summed E-state index contributed by atoms with van der Waals surface area (Å²) in [4.78, 5) is 4.25. The first-order valence-corrected chi connectivity index (χ1v) is 6.94. The fraction of sp³-hybridized carbons (Fsp3) is 0.357. The lowest BCUT2D eigenvalue weighted by Crippen LogP contribution is -2.24. The maximum atomic E-state index is 6.15. The van der Waals surface area contributed by atoms with E-state index < -0.39 is 0 Å². The van der Waals surface area contributed by atoms with Gasteiger partial charge in [0.15, 0.2) is 0 Å². The molecule has 4 heteroatoms. The molecule has 1 saturated carbocycles. The molecule has 1 aliphatic rings. The van der Waals surface area contributed by atoms with E-state index in [0.717, 1.165) is 35.2 Å². The summed E-state index contributed by atoms with van der Waals surface area (Å²) in [5.74, 6) is 0.987. The molecule has 0 unspecified atom stereocenters. The lowest BCUT2D eigenvalue weighted by Gasteiger charge is -2.12. The Bertz CT molecular complexity index is 584. The molecular formula is C14H16BrN3. The Labute approximate surface area is 115 Å². The second-order valence-corrected chi connectivity index (χ2v) is 6.02. The van der Waals surface area contributed by atoms with Crippen LogP contribution < -0.4 is 5.73 Å². The fourth-order valence-electron chi connectivity index (χ4n) is 2.23. The van der Waals surface area contributed by atoms with Crippen molar-refractivity contribution in [1.29, 1.82) is 0 Å². The zero-order chi connectivity index (χ0) is 12.8. The minimum Gasteiger partial charge on any atom is -0.325 e. The molecule has 2 N–H and O–H groups in total. The summed E-state index contributed by atoms with van der Waals surface area (Å²) in [6.45, 7) is 2.00. The van der Waals surface area contributed by atoms with Crippen LogP contribution >= 0.6 is 15.9 Å². The maximum Gasteiger partial charge on any atom is 0.110 e. The van der Waals surface area contributed by atoms with Crippen LogP contribution in [0.4, 0.5) is 0 Å². The van der Waals surface area contributed by atoms with Gasteiger partial charge in [-0.3, -0.25) is 0 Å². The van der Waals surface area contributed by atoms with Crippen LogP contribution in [-0.2, 0) is 6.42 Å². The van der Waals surface area contributed by atoms with Crippen molar-refractivity contribution in [3.63, 3.8) is 0 Å². The number of aryl methyl sites for hydroxylation is 1. The molecule has 1 aromatic carbocycles. The van der Waals surface area contributed by atoms with E-state index in [1.807, 2.05) is 19.3 Å². The van der Waals surface area contributed by atoms with Gasteiger partial charge in [-0.25, -0.2) is 4.98 Å². The summed E-state index contributed by atoms with van der Waals surface area (Å²) in [6, 6.07) is 6.45. The monoisotopic (exact) mass is 305 g/mol. The lowest BCUT2D eigenvalue weighted by atomic mass is 10.0. The smallest absolute Gasteiger partial charge is 0.110 e. The molecule has 1 heterocycles. The first-order chi connectivity index (χ1) is 8.57. The number of rotatable bonds is 3. The summed E-state index contributed by atoms with van der Waals surface area (Å²) < 4.78 is 3.16. The van der Waals surface area contributed by atoms with Crippen LogP contribution in [0.5, 0.6) is 0 Å². The van der Waals surface area contributed by atoms with Crippen molar-refractivity contribution >= 4 is 15.9 Å². The van der Waals surface area contributed by atoms with Crippen LogP contribution in [0.1, 0.15) is 24.2 Å². The number of nitrogens with zero attached hydrogens (tertiary/aromatic N) is 2. The maximum absolute atomic E-state index is 6.15. The van der Waals surface area contributed by atoms with E-state index in [0.29, 0.717) is 0 Å². The number of halogens is 1. The number of benzene rings is 1. The highest BCUT2D eigenvalue weighted by atomic mass is 79.9. The Hall–Kier alpha value is -1.13. The van der Waals surface area contributed by atoms with Crippen molar-refractivity contribution in [1.82, 2.24) is 9.55 Å². The number of imidazole rings is 1. The van der Waals surface area contributed by atoms with Crippen LogP contribution in [0.3, 0.4) is 0 Å². The van der Waals surface area contributed by atoms with Gasteiger partial charge >= 0.3 is 0 Å². The third kappa shape index (κ3) is 2.22. The van der Waals surface area contributed by atoms with Crippen molar-refractivity contribution in [3.05, 3.63) is 46.5 Å². The second kappa shape index (κ2) is 4.21. The highest BCUT2D eigenvalue weighted by Gasteiger charge is 2.37. The lowest BCUT2D eigenvalue weighted by molar-refractivity contribution is 0.672. The Morgan fingerprint density at radius 1 is 1.44 bits per heavy atom. The molecule has 94 valence electrons. The quantitative estimate of drug-likeness (QED) is 0.947. The van der Waals surface area contributed by atoms with E-state index in [2.05, 4.69) is 43.7 Å². The molecular weight excluding hydrogens is 290 g/mol. The molecule has 0 bridgehead atoms. The number of hydrogen-bond donors (Lipinski definition) is 1. The van der Waals surface area contributed by atoms with Gasteiger partial charge in [-0.2, -0.15) is 0 Å². The predicted octanol–water partition coefficient (Wildman–Crippen LogP) is 2.98. The molecule has 3 rings (SSSR count). The first-order valence-electron chi connectivity index (χ1n) is 6.15. The largest absolute Gasteiger partial charge is 0.325 e. The van der Waals surface area contributed by atoms with Crippen LogP contribution in [0.2, 0.25) is 0 Å². The van der Waals surface area contributed by atoms with Crippen molar-refractivity contribution in [3.8, 4) is 5.69 Å². The fourth-order valence-corrected chi connectivity index (χ4v) is 2.85. The van der Waals surface area contributed by atoms with Crippen LogP contribution in [0, 0.1) is 6.92 Å². The molecule has 1 aromatic heterocycles. The van der Waals surface area contributed by atoms with Crippen LogP contribution in [0.15, 0.2) is 35.1 Å². The summed E-state index contributed by atoms with van der Waals surface area (Å²) in [7, 11) is 0. The van der Waals surface area contributed by atoms with Gasteiger partial charge in [0, 0.05) is 22.4 Å². The standard InChI is InChI=1S/C14H16BrN3/c1-10-17-6-7-18(10)13-3-2-11(8-12(13)15)9-14(16)4-5-14/h2-3,6-8H,4-5,9,16H2,1H3. The molecule has 0 amide bonds. The topological polar surface area (TPSA) is 43.8 Å². The summed E-state index contributed by atoms with van der Waals surface area (Å²) in [5, 5.41) is 0. The van der Waals surface area contributed by atoms with Crippen LogP contribution in [0.25, 0.3) is 5.69 Å². The van der Waals surface area contributed by atoms with E-state index >= 15 is 0 Å². The second-order valence-electron chi connectivity index (χ2n) is 5.17. The SMILES string of the molecule is Cc1nccn1-c1ccc(CC2(N)CC2)cc1Br. The van der Waals surface area contributed by atoms with Gasteiger partial charge in [-0.1, -0.05) is 6.07 Å². The molecule has 0 atom stereocenters. The summed E-state index contributed by atoms with van der Waals surface area (Å²) in [6.07, 6.45) is 7.05. The molecule has 18 heavy (non-hydrogen) atoms.